The Hall–Kier alpha value is -3.12. The number of aryl methyl sites for hydroxylation is 2. The minimum atomic E-state index is -1.08. The largest absolute Gasteiger partial charge is 0.492 e. The number of amides is 1. The van der Waals surface area contributed by atoms with Gasteiger partial charge in [-0.15, -0.1) is 11.3 Å². The number of hydrogen-bond acceptors (Lipinski definition) is 5. The lowest BCUT2D eigenvalue weighted by molar-refractivity contribution is -0.125. The zero-order valence-electron chi connectivity index (χ0n) is 17.3. The van der Waals surface area contributed by atoms with Crippen LogP contribution in [0.25, 0.3) is 0 Å². The molecule has 1 heterocycles. The maximum absolute atomic E-state index is 13.1. The number of anilines is 1. The summed E-state index contributed by atoms with van der Waals surface area (Å²) in [4.78, 5) is 27.5. The van der Waals surface area contributed by atoms with Crippen molar-refractivity contribution in [3.05, 3.63) is 81.5 Å². The number of carbonyl (C=O) groups is 2. The maximum atomic E-state index is 13.1. The van der Waals surface area contributed by atoms with Gasteiger partial charge in [0.1, 0.15) is 10.6 Å². The smallest absolute Gasteiger partial charge is 0.349 e. The van der Waals surface area contributed by atoms with Crippen LogP contribution in [0.1, 0.15) is 45.6 Å². The van der Waals surface area contributed by atoms with E-state index in [-0.39, 0.29) is 0 Å². The van der Waals surface area contributed by atoms with Gasteiger partial charge in [-0.05, 0) is 44.0 Å². The van der Waals surface area contributed by atoms with Crippen LogP contribution in [0.3, 0.4) is 0 Å². The third-order valence-corrected chi connectivity index (χ3v) is 5.69. The highest BCUT2D eigenvalue weighted by atomic mass is 32.1. The van der Waals surface area contributed by atoms with E-state index in [1.54, 1.807) is 24.3 Å². The van der Waals surface area contributed by atoms with E-state index in [4.69, 9.17) is 9.47 Å². The molecule has 6 heteroatoms. The summed E-state index contributed by atoms with van der Waals surface area (Å²) < 4.78 is 11.3. The van der Waals surface area contributed by atoms with E-state index in [9.17, 15) is 9.59 Å². The lowest BCUT2D eigenvalue weighted by atomic mass is 10.1. The summed E-state index contributed by atoms with van der Waals surface area (Å²) in [7, 11) is 0. The molecule has 0 aliphatic rings. The third kappa shape index (κ3) is 5.07. The molecule has 3 rings (SSSR count). The molecule has 156 valence electrons. The maximum Gasteiger partial charge on any atom is 0.349 e. The topological polar surface area (TPSA) is 64.6 Å². The molecular weight excluding hydrogens is 398 g/mol. The number of ether oxygens (including phenoxy) is 2. The predicted octanol–water partition coefficient (Wildman–Crippen LogP) is 5.55. The van der Waals surface area contributed by atoms with Gasteiger partial charge in [0.25, 0.3) is 5.91 Å². The van der Waals surface area contributed by atoms with Crippen molar-refractivity contribution in [1.29, 1.82) is 0 Å². The van der Waals surface area contributed by atoms with Crippen LogP contribution in [-0.4, -0.2) is 18.5 Å². The van der Waals surface area contributed by atoms with Crippen molar-refractivity contribution in [2.75, 3.05) is 11.9 Å². The number of nitrogens with one attached hydrogen (secondary N) is 1. The fourth-order valence-electron chi connectivity index (χ4n) is 3.09. The van der Waals surface area contributed by atoms with Crippen molar-refractivity contribution in [1.82, 2.24) is 0 Å². The van der Waals surface area contributed by atoms with E-state index in [2.05, 4.69) is 5.32 Å². The van der Waals surface area contributed by atoms with Gasteiger partial charge in [-0.25, -0.2) is 4.79 Å². The van der Waals surface area contributed by atoms with E-state index in [1.165, 1.54) is 11.3 Å². The summed E-state index contributed by atoms with van der Waals surface area (Å²) in [5.41, 5.74) is 2.24. The van der Waals surface area contributed by atoms with Gasteiger partial charge in [-0.1, -0.05) is 49.4 Å². The number of benzene rings is 2. The first-order chi connectivity index (χ1) is 14.5. The Bertz CT molecular complexity index is 1010. The molecule has 1 amide bonds. The molecule has 2 aromatic carbocycles. The third-order valence-electron chi connectivity index (χ3n) is 4.61. The van der Waals surface area contributed by atoms with E-state index in [0.717, 1.165) is 16.9 Å². The van der Waals surface area contributed by atoms with Crippen molar-refractivity contribution in [3.63, 3.8) is 0 Å². The fraction of sp³-hybridized carbons (Fsp3) is 0.250. The number of para-hydroxylation sites is 2. The van der Waals surface area contributed by atoms with Crippen LogP contribution in [0.15, 0.2) is 60.7 Å². The average Bonchev–Trinajstić information content (AvgIpc) is 3.15. The van der Waals surface area contributed by atoms with Crippen LogP contribution in [0.2, 0.25) is 0 Å². The number of esters is 1. The highest BCUT2D eigenvalue weighted by molar-refractivity contribution is 7.14. The standard InChI is InChI=1S/C24H25NO4S/c1-4-17-15-21(30-16(17)3)24(27)29-22(18-11-7-6-8-12-18)23(26)25-19-13-9-10-14-20(19)28-5-2/h6-15,22H,4-5H2,1-3H3,(H,25,26). The first-order valence-electron chi connectivity index (χ1n) is 9.91. The van der Waals surface area contributed by atoms with Crippen molar-refractivity contribution < 1.29 is 19.1 Å². The SMILES string of the molecule is CCOc1ccccc1NC(=O)C(OC(=O)c1cc(CC)c(C)s1)c1ccccc1. The van der Waals surface area contributed by atoms with Gasteiger partial charge in [0.2, 0.25) is 6.10 Å². The molecule has 0 fully saturated rings. The Labute approximate surface area is 180 Å². The number of carbonyl (C=O) groups excluding carboxylic acids is 2. The summed E-state index contributed by atoms with van der Waals surface area (Å²) in [5.74, 6) is -0.386. The monoisotopic (exact) mass is 423 g/mol. The molecule has 0 aliphatic heterocycles. The van der Waals surface area contributed by atoms with Crippen molar-refractivity contribution in [2.24, 2.45) is 0 Å². The minimum absolute atomic E-state index is 0.439. The molecule has 0 bridgehead atoms. The molecule has 5 nitrogen and oxygen atoms in total. The van der Waals surface area contributed by atoms with E-state index >= 15 is 0 Å². The van der Waals surface area contributed by atoms with Crippen LogP contribution >= 0.6 is 11.3 Å². The van der Waals surface area contributed by atoms with Crippen LogP contribution in [-0.2, 0) is 16.0 Å². The zero-order valence-corrected chi connectivity index (χ0v) is 18.1. The quantitative estimate of drug-likeness (QED) is 0.482. The molecule has 3 aromatic rings. The molecular formula is C24H25NO4S. The minimum Gasteiger partial charge on any atom is -0.492 e. The normalized spacial score (nSPS) is 11.6. The van der Waals surface area contributed by atoms with Gasteiger partial charge in [-0.3, -0.25) is 4.79 Å². The molecule has 0 saturated heterocycles. The summed E-state index contributed by atoms with van der Waals surface area (Å²) in [6.07, 6.45) is -0.243. The highest BCUT2D eigenvalue weighted by Gasteiger charge is 2.27. The van der Waals surface area contributed by atoms with Gasteiger partial charge in [0.05, 0.1) is 12.3 Å². The zero-order chi connectivity index (χ0) is 21.5. The number of hydrogen-bond donors (Lipinski definition) is 1. The summed E-state index contributed by atoms with van der Waals surface area (Å²) >= 11 is 1.38. The number of thiophene rings is 1. The first kappa shape index (κ1) is 21.6. The van der Waals surface area contributed by atoms with E-state index in [0.29, 0.717) is 28.5 Å². The summed E-state index contributed by atoms with van der Waals surface area (Å²) in [6.45, 7) is 6.37. The van der Waals surface area contributed by atoms with Crippen molar-refractivity contribution in [3.8, 4) is 5.75 Å². The average molecular weight is 424 g/mol. The molecule has 0 aliphatic carbocycles. The lowest BCUT2D eigenvalue weighted by Gasteiger charge is -2.19. The second-order valence-corrected chi connectivity index (χ2v) is 7.92. The van der Waals surface area contributed by atoms with Crippen LogP contribution in [0, 0.1) is 6.92 Å². The molecule has 1 unspecified atom stereocenters. The Kier molecular flexibility index (Phi) is 7.25. The first-order valence-corrected chi connectivity index (χ1v) is 10.7. The summed E-state index contributed by atoms with van der Waals surface area (Å²) in [6, 6.07) is 18.0. The van der Waals surface area contributed by atoms with E-state index in [1.807, 2.05) is 57.2 Å². The molecule has 1 aromatic heterocycles. The van der Waals surface area contributed by atoms with Gasteiger partial charge in [0, 0.05) is 10.4 Å². The lowest BCUT2D eigenvalue weighted by Crippen LogP contribution is -2.26. The Morgan fingerprint density at radius 2 is 1.73 bits per heavy atom. The number of rotatable bonds is 8. The van der Waals surface area contributed by atoms with Crippen molar-refractivity contribution in [2.45, 2.75) is 33.3 Å². The highest BCUT2D eigenvalue weighted by Crippen LogP contribution is 2.29. The molecule has 30 heavy (non-hydrogen) atoms. The molecule has 1 N–H and O–H groups in total. The molecule has 0 spiro atoms. The Morgan fingerprint density at radius 1 is 1.03 bits per heavy atom. The second kappa shape index (κ2) is 10.1. The van der Waals surface area contributed by atoms with Crippen molar-refractivity contribution >= 4 is 28.9 Å². The molecule has 0 saturated carbocycles. The molecule has 0 radical (unpaired) electrons. The van der Waals surface area contributed by atoms with Crippen LogP contribution < -0.4 is 10.1 Å². The Morgan fingerprint density at radius 3 is 2.40 bits per heavy atom. The van der Waals surface area contributed by atoms with Gasteiger partial charge in [-0.2, -0.15) is 0 Å². The molecule has 1 atom stereocenters. The summed E-state index contributed by atoms with van der Waals surface area (Å²) in [5, 5.41) is 2.84. The second-order valence-electron chi connectivity index (χ2n) is 6.66. The van der Waals surface area contributed by atoms with Gasteiger partial charge in [0.15, 0.2) is 0 Å². The van der Waals surface area contributed by atoms with Crippen LogP contribution in [0.5, 0.6) is 5.75 Å². The van der Waals surface area contributed by atoms with Crippen LogP contribution in [0.4, 0.5) is 5.69 Å². The van der Waals surface area contributed by atoms with Gasteiger partial charge >= 0.3 is 5.97 Å². The van der Waals surface area contributed by atoms with Gasteiger partial charge < -0.3 is 14.8 Å². The van der Waals surface area contributed by atoms with E-state index < -0.39 is 18.0 Å². The predicted molar refractivity (Wildman–Crippen MR) is 119 cm³/mol. The fourth-order valence-corrected chi connectivity index (χ4v) is 4.08. The Balaban J connectivity index is 1.86.